The second-order valence-corrected chi connectivity index (χ2v) is 7.33. The van der Waals surface area contributed by atoms with E-state index in [1.807, 2.05) is 13.0 Å². The maximum absolute atomic E-state index is 12.5. The van der Waals surface area contributed by atoms with Crippen LogP contribution in [0.2, 0.25) is 0 Å². The summed E-state index contributed by atoms with van der Waals surface area (Å²) in [5.74, 6) is 0.368. The Kier molecular flexibility index (Phi) is 5.16. The van der Waals surface area contributed by atoms with E-state index in [-0.39, 0.29) is 18.0 Å². The van der Waals surface area contributed by atoms with Crippen LogP contribution >= 0.6 is 0 Å². The van der Waals surface area contributed by atoms with Crippen molar-refractivity contribution < 1.29 is 9.32 Å². The highest BCUT2D eigenvalue weighted by Crippen LogP contribution is 2.22. The van der Waals surface area contributed by atoms with Crippen LogP contribution in [-0.2, 0) is 30.8 Å². The maximum atomic E-state index is 12.5. The molecule has 1 aliphatic rings. The zero-order valence-corrected chi connectivity index (χ0v) is 16.5. The monoisotopic (exact) mass is 393 g/mol. The lowest BCUT2D eigenvalue weighted by Crippen LogP contribution is -2.36. The summed E-state index contributed by atoms with van der Waals surface area (Å²) >= 11 is 0. The normalized spacial score (nSPS) is 13.2. The molecule has 1 amide bonds. The fraction of sp³-hybridized carbons (Fsp3) is 0.333. The van der Waals surface area contributed by atoms with E-state index in [1.165, 1.54) is 20.7 Å². The molecular formula is C21H23N5O3. The molecule has 0 radical (unpaired) electrons. The van der Waals surface area contributed by atoms with Gasteiger partial charge in [-0.1, -0.05) is 29.4 Å². The fourth-order valence-electron chi connectivity index (χ4n) is 3.49. The average Bonchev–Trinajstić information content (AvgIpc) is 3.13. The van der Waals surface area contributed by atoms with Crippen molar-refractivity contribution in [2.75, 3.05) is 18.5 Å². The molecule has 0 fully saturated rings. The lowest BCUT2D eigenvalue weighted by atomic mass is 10.00. The van der Waals surface area contributed by atoms with Gasteiger partial charge in [0.05, 0.1) is 24.1 Å². The summed E-state index contributed by atoms with van der Waals surface area (Å²) in [6, 6.07) is 11.7. The minimum atomic E-state index is -0.293. The second kappa shape index (κ2) is 7.90. The molecule has 0 unspecified atom stereocenters. The van der Waals surface area contributed by atoms with Gasteiger partial charge in [0.15, 0.2) is 5.76 Å². The van der Waals surface area contributed by atoms with Gasteiger partial charge in [0, 0.05) is 32.3 Å². The molecule has 3 heterocycles. The molecule has 29 heavy (non-hydrogen) atoms. The Bertz CT molecular complexity index is 1090. The van der Waals surface area contributed by atoms with E-state index in [9.17, 15) is 9.59 Å². The van der Waals surface area contributed by atoms with Crippen LogP contribution in [0, 0.1) is 6.92 Å². The Balaban J connectivity index is 1.42. The van der Waals surface area contributed by atoms with Gasteiger partial charge in [-0.2, -0.15) is 5.10 Å². The van der Waals surface area contributed by atoms with Crippen LogP contribution in [0.3, 0.4) is 0 Å². The smallest absolute Gasteiger partial charge is 0.269 e. The number of likely N-dealkylation sites (N-methyl/N-ethyl adjacent to an activating group) is 1. The minimum absolute atomic E-state index is 0.119. The molecule has 0 spiro atoms. The molecule has 8 heteroatoms. The topological polar surface area (TPSA) is 84.5 Å². The van der Waals surface area contributed by atoms with Gasteiger partial charge < -0.3 is 14.3 Å². The van der Waals surface area contributed by atoms with Crippen LogP contribution in [0.15, 0.2) is 51.9 Å². The lowest BCUT2D eigenvalue weighted by molar-refractivity contribution is -0.131. The molecule has 0 bridgehead atoms. The standard InChI is InChI=1S/C21H23N5O3/c1-15-9-19(29-23-15)13-24(2)21(28)14-26-20(27)10-18(11-22-26)25-8-7-16-5-3-4-6-17(16)12-25/h3-6,9-11H,7-8,12-14H2,1-2H3. The van der Waals surface area contributed by atoms with Crippen molar-refractivity contribution in [2.24, 2.45) is 0 Å². The van der Waals surface area contributed by atoms with E-state index in [0.717, 1.165) is 30.9 Å². The van der Waals surface area contributed by atoms with Gasteiger partial charge >= 0.3 is 0 Å². The quantitative estimate of drug-likeness (QED) is 0.657. The van der Waals surface area contributed by atoms with Crippen LogP contribution in [0.5, 0.6) is 0 Å². The molecule has 1 aliphatic heterocycles. The van der Waals surface area contributed by atoms with Crippen LogP contribution in [0.4, 0.5) is 5.69 Å². The van der Waals surface area contributed by atoms with Crippen molar-refractivity contribution in [3.8, 4) is 0 Å². The van der Waals surface area contributed by atoms with Gasteiger partial charge in [-0.25, -0.2) is 4.68 Å². The molecule has 8 nitrogen and oxygen atoms in total. The van der Waals surface area contributed by atoms with Gasteiger partial charge in [0.1, 0.15) is 6.54 Å². The van der Waals surface area contributed by atoms with E-state index in [4.69, 9.17) is 4.52 Å². The van der Waals surface area contributed by atoms with Gasteiger partial charge in [0.25, 0.3) is 5.56 Å². The molecule has 0 N–H and O–H groups in total. The van der Waals surface area contributed by atoms with Gasteiger partial charge in [0.2, 0.25) is 5.91 Å². The predicted octanol–water partition coefficient (Wildman–Crippen LogP) is 1.76. The Morgan fingerprint density at radius 1 is 1.24 bits per heavy atom. The number of nitrogens with zero attached hydrogens (tertiary/aromatic N) is 5. The fourth-order valence-corrected chi connectivity index (χ4v) is 3.49. The van der Waals surface area contributed by atoms with Crippen molar-refractivity contribution in [3.05, 3.63) is 75.5 Å². The number of aromatic nitrogens is 3. The Hall–Kier alpha value is -3.42. The minimum Gasteiger partial charge on any atom is -0.365 e. The molecule has 1 aromatic carbocycles. The molecule has 150 valence electrons. The van der Waals surface area contributed by atoms with Crippen LogP contribution in [0.25, 0.3) is 0 Å². The maximum Gasteiger partial charge on any atom is 0.269 e. The van der Waals surface area contributed by atoms with Crippen LogP contribution in [-0.4, -0.2) is 39.3 Å². The summed E-state index contributed by atoms with van der Waals surface area (Å²) in [7, 11) is 1.66. The molecule has 4 rings (SSSR count). The van der Waals surface area contributed by atoms with E-state index >= 15 is 0 Å². The summed E-state index contributed by atoms with van der Waals surface area (Å²) in [5.41, 5.74) is 3.86. The number of fused-ring (bicyclic) bond motifs is 1. The third-order valence-corrected chi connectivity index (χ3v) is 5.13. The van der Waals surface area contributed by atoms with Crippen molar-refractivity contribution in [1.82, 2.24) is 19.8 Å². The average molecular weight is 393 g/mol. The van der Waals surface area contributed by atoms with Crippen LogP contribution in [0.1, 0.15) is 22.6 Å². The molecule has 3 aromatic rings. The number of benzene rings is 1. The van der Waals surface area contributed by atoms with Gasteiger partial charge in [-0.05, 0) is 24.5 Å². The number of anilines is 1. The van der Waals surface area contributed by atoms with Crippen molar-refractivity contribution in [2.45, 2.75) is 33.0 Å². The summed E-state index contributed by atoms with van der Waals surface area (Å²) in [6.45, 7) is 3.58. The highest BCUT2D eigenvalue weighted by Gasteiger charge is 2.18. The first-order valence-electron chi connectivity index (χ1n) is 9.54. The number of rotatable bonds is 5. The second-order valence-electron chi connectivity index (χ2n) is 7.33. The zero-order chi connectivity index (χ0) is 20.4. The molecule has 0 aliphatic carbocycles. The molecule has 0 saturated carbocycles. The lowest BCUT2D eigenvalue weighted by Gasteiger charge is -2.30. The largest absolute Gasteiger partial charge is 0.365 e. The summed E-state index contributed by atoms with van der Waals surface area (Å²) in [4.78, 5) is 28.6. The van der Waals surface area contributed by atoms with E-state index < -0.39 is 0 Å². The molecule has 0 saturated heterocycles. The molecular weight excluding hydrogens is 370 g/mol. The Labute approximate surface area is 168 Å². The number of carbonyl (C=O) groups excluding carboxylic acids is 1. The summed E-state index contributed by atoms with van der Waals surface area (Å²) in [6.07, 6.45) is 2.59. The number of carbonyl (C=O) groups is 1. The number of amides is 1. The third kappa shape index (κ3) is 4.21. The van der Waals surface area contributed by atoms with E-state index in [0.29, 0.717) is 12.3 Å². The van der Waals surface area contributed by atoms with Gasteiger partial charge in [-0.3, -0.25) is 9.59 Å². The highest BCUT2D eigenvalue weighted by atomic mass is 16.5. The molecule has 2 aromatic heterocycles. The Morgan fingerprint density at radius 2 is 2.03 bits per heavy atom. The van der Waals surface area contributed by atoms with Crippen molar-refractivity contribution in [1.29, 1.82) is 0 Å². The first-order chi connectivity index (χ1) is 14.0. The zero-order valence-electron chi connectivity index (χ0n) is 16.5. The SMILES string of the molecule is Cc1cc(CN(C)C(=O)Cn2ncc(N3CCc4ccccc4C3)cc2=O)on1. The number of hydrogen-bond donors (Lipinski definition) is 0. The number of aryl methyl sites for hydroxylation is 1. The predicted molar refractivity (Wildman–Crippen MR) is 107 cm³/mol. The summed E-state index contributed by atoms with van der Waals surface area (Å²) < 4.78 is 6.32. The van der Waals surface area contributed by atoms with E-state index in [1.54, 1.807) is 25.4 Å². The Morgan fingerprint density at radius 3 is 2.76 bits per heavy atom. The third-order valence-electron chi connectivity index (χ3n) is 5.13. The summed E-state index contributed by atoms with van der Waals surface area (Å²) in [5, 5.41) is 8.03. The number of hydrogen-bond acceptors (Lipinski definition) is 6. The van der Waals surface area contributed by atoms with Crippen molar-refractivity contribution in [3.63, 3.8) is 0 Å². The van der Waals surface area contributed by atoms with Crippen molar-refractivity contribution >= 4 is 11.6 Å². The molecule has 0 atom stereocenters. The van der Waals surface area contributed by atoms with E-state index in [2.05, 4.69) is 33.4 Å². The first kappa shape index (κ1) is 18.9. The van der Waals surface area contributed by atoms with Crippen LogP contribution < -0.4 is 10.5 Å². The van der Waals surface area contributed by atoms with Gasteiger partial charge in [-0.15, -0.1) is 0 Å². The highest BCUT2D eigenvalue weighted by molar-refractivity contribution is 5.75. The first-order valence-corrected chi connectivity index (χ1v) is 9.54.